The summed E-state index contributed by atoms with van der Waals surface area (Å²) >= 11 is 0. The molecule has 0 aromatic heterocycles. The van der Waals surface area contributed by atoms with E-state index in [-0.39, 0.29) is 24.0 Å². The van der Waals surface area contributed by atoms with Gasteiger partial charge in [-0.15, -0.1) is 0 Å². The second kappa shape index (κ2) is 6.85. The van der Waals surface area contributed by atoms with Gasteiger partial charge in [0.1, 0.15) is 5.60 Å². The van der Waals surface area contributed by atoms with Crippen LogP contribution >= 0.6 is 0 Å². The summed E-state index contributed by atoms with van der Waals surface area (Å²) in [6.07, 6.45) is 3.99. The van der Waals surface area contributed by atoms with Gasteiger partial charge in [0, 0.05) is 12.5 Å². The summed E-state index contributed by atoms with van der Waals surface area (Å²) in [7, 11) is 0. The summed E-state index contributed by atoms with van der Waals surface area (Å²) < 4.78 is 5.51. The number of aliphatic hydroxyl groups excluding tert-OH is 1. The lowest BCUT2D eigenvalue weighted by molar-refractivity contribution is -0.161. The summed E-state index contributed by atoms with van der Waals surface area (Å²) in [5.41, 5.74) is 2.05. The van der Waals surface area contributed by atoms with Crippen molar-refractivity contribution in [2.45, 2.75) is 76.7 Å². The molecule has 3 rings (SSSR count). The van der Waals surface area contributed by atoms with Gasteiger partial charge in [-0.1, -0.05) is 24.3 Å². The standard InChI is InChI=1S/C20H29NO3/c1-20(2,3)24-19(23)13-8-10-15(11-9-13)21-18-16-7-5-4-6-14(16)12-17(18)22/h4-7,13,15,17-18,21-22H,8-12H2,1-3H3/t13?,15?,17-,18+/m0/s1. The van der Waals surface area contributed by atoms with Crippen molar-refractivity contribution in [3.05, 3.63) is 35.4 Å². The number of aliphatic hydroxyl groups is 1. The van der Waals surface area contributed by atoms with Crippen LogP contribution in [0.3, 0.4) is 0 Å². The van der Waals surface area contributed by atoms with Gasteiger partial charge in [0.2, 0.25) is 0 Å². The van der Waals surface area contributed by atoms with Crippen molar-refractivity contribution in [1.82, 2.24) is 5.32 Å². The molecule has 0 heterocycles. The molecule has 2 atom stereocenters. The van der Waals surface area contributed by atoms with Crippen molar-refractivity contribution in [1.29, 1.82) is 0 Å². The number of ether oxygens (including phenoxy) is 1. The molecular weight excluding hydrogens is 302 g/mol. The van der Waals surface area contributed by atoms with Crippen molar-refractivity contribution in [3.63, 3.8) is 0 Å². The van der Waals surface area contributed by atoms with Gasteiger partial charge >= 0.3 is 5.97 Å². The topological polar surface area (TPSA) is 58.6 Å². The minimum absolute atomic E-state index is 0.0167. The maximum absolute atomic E-state index is 12.2. The third kappa shape index (κ3) is 3.98. The molecule has 0 amide bonds. The van der Waals surface area contributed by atoms with E-state index in [9.17, 15) is 9.90 Å². The van der Waals surface area contributed by atoms with E-state index in [1.807, 2.05) is 32.9 Å². The van der Waals surface area contributed by atoms with E-state index in [0.717, 1.165) is 32.1 Å². The molecule has 0 spiro atoms. The highest BCUT2D eigenvalue weighted by molar-refractivity contribution is 5.73. The van der Waals surface area contributed by atoms with Crippen molar-refractivity contribution in [2.24, 2.45) is 5.92 Å². The van der Waals surface area contributed by atoms with E-state index in [1.165, 1.54) is 11.1 Å². The number of hydrogen-bond acceptors (Lipinski definition) is 4. The lowest BCUT2D eigenvalue weighted by Crippen LogP contribution is -2.41. The highest BCUT2D eigenvalue weighted by Gasteiger charge is 2.35. The normalized spacial score (nSPS) is 30.0. The van der Waals surface area contributed by atoms with Crippen LogP contribution in [0.15, 0.2) is 24.3 Å². The zero-order valence-electron chi connectivity index (χ0n) is 14.9. The minimum Gasteiger partial charge on any atom is -0.460 e. The number of rotatable bonds is 3. The summed E-state index contributed by atoms with van der Waals surface area (Å²) in [4.78, 5) is 12.2. The fraction of sp³-hybridized carbons (Fsp3) is 0.650. The second-order valence-electron chi connectivity index (χ2n) is 8.20. The van der Waals surface area contributed by atoms with Gasteiger partial charge in [0.05, 0.1) is 18.1 Å². The Bertz CT molecular complexity index is 585. The quantitative estimate of drug-likeness (QED) is 0.836. The van der Waals surface area contributed by atoms with Crippen LogP contribution in [0, 0.1) is 5.92 Å². The van der Waals surface area contributed by atoms with E-state index in [4.69, 9.17) is 4.74 Å². The van der Waals surface area contributed by atoms with Gasteiger partial charge in [-0.3, -0.25) is 4.79 Å². The maximum Gasteiger partial charge on any atom is 0.309 e. The van der Waals surface area contributed by atoms with Crippen molar-refractivity contribution >= 4 is 5.97 Å². The highest BCUT2D eigenvalue weighted by atomic mass is 16.6. The molecule has 2 aliphatic carbocycles. The molecular formula is C20H29NO3. The molecule has 0 unspecified atom stereocenters. The highest BCUT2D eigenvalue weighted by Crippen LogP contribution is 2.34. The number of carbonyl (C=O) groups excluding carboxylic acids is 1. The Kier molecular flexibility index (Phi) is 4.97. The Hall–Kier alpha value is -1.39. The van der Waals surface area contributed by atoms with Crippen LogP contribution in [0.4, 0.5) is 0 Å². The maximum atomic E-state index is 12.2. The summed E-state index contributed by atoms with van der Waals surface area (Å²) in [6, 6.07) is 8.64. The first-order chi connectivity index (χ1) is 11.3. The Morgan fingerprint density at radius 3 is 2.50 bits per heavy atom. The predicted molar refractivity (Wildman–Crippen MR) is 93.6 cm³/mol. The molecule has 1 aromatic rings. The van der Waals surface area contributed by atoms with Crippen molar-refractivity contribution in [3.8, 4) is 0 Å². The number of benzene rings is 1. The van der Waals surface area contributed by atoms with E-state index in [0.29, 0.717) is 6.04 Å². The first-order valence-corrected chi connectivity index (χ1v) is 9.08. The van der Waals surface area contributed by atoms with Crippen molar-refractivity contribution in [2.75, 3.05) is 0 Å². The third-order valence-electron chi connectivity index (χ3n) is 5.09. The van der Waals surface area contributed by atoms with Gasteiger partial charge in [0.15, 0.2) is 0 Å². The summed E-state index contributed by atoms with van der Waals surface area (Å²) in [6.45, 7) is 5.74. The monoisotopic (exact) mass is 331 g/mol. The molecule has 0 bridgehead atoms. The number of hydrogen-bond donors (Lipinski definition) is 2. The fourth-order valence-electron chi connectivity index (χ4n) is 3.91. The smallest absolute Gasteiger partial charge is 0.309 e. The van der Waals surface area contributed by atoms with Gasteiger partial charge < -0.3 is 15.2 Å². The third-order valence-corrected chi connectivity index (χ3v) is 5.09. The van der Waals surface area contributed by atoms with Crippen LogP contribution in [0.1, 0.15) is 63.6 Å². The van der Waals surface area contributed by atoms with Crippen LogP contribution in [0.25, 0.3) is 0 Å². The van der Waals surface area contributed by atoms with Crippen LogP contribution in [0.5, 0.6) is 0 Å². The number of esters is 1. The van der Waals surface area contributed by atoms with Gasteiger partial charge in [0.25, 0.3) is 0 Å². The van der Waals surface area contributed by atoms with Crippen LogP contribution in [0.2, 0.25) is 0 Å². The largest absolute Gasteiger partial charge is 0.460 e. The Labute approximate surface area is 144 Å². The van der Waals surface area contributed by atoms with Gasteiger partial charge in [-0.2, -0.15) is 0 Å². The fourth-order valence-corrected chi connectivity index (χ4v) is 3.91. The zero-order valence-corrected chi connectivity index (χ0v) is 14.9. The first-order valence-electron chi connectivity index (χ1n) is 9.08. The Balaban J connectivity index is 1.54. The Morgan fingerprint density at radius 2 is 1.83 bits per heavy atom. The lowest BCUT2D eigenvalue weighted by atomic mass is 9.85. The van der Waals surface area contributed by atoms with Crippen LogP contribution < -0.4 is 5.32 Å². The average molecular weight is 331 g/mol. The van der Waals surface area contributed by atoms with E-state index in [2.05, 4.69) is 17.4 Å². The first kappa shape index (κ1) is 17.4. The molecule has 132 valence electrons. The molecule has 0 radical (unpaired) electrons. The number of nitrogens with one attached hydrogen (secondary N) is 1. The van der Waals surface area contributed by atoms with Crippen LogP contribution in [-0.4, -0.2) is 28.8 Å². The molecule has 4 heteroatoms. The SMILES string of the molecule is CC(C)(C)OC(=O)C1CCC(N[C@@H]2c3ccccc3C[C@@H]2O)CC1. The minimum atomic E-state index is -0.413. The van der Waals surface area contributed by atoms with Gasteiger partial charge in [-0.05, 0) is 57.6 Å². The average Bonchev–Trinajstić information content (AvgIpc) is 2.82. The molecule has 1 saturated carbocycles. The summed E-state index contributed by atoms with van der Waals surface area (Å²) in [5.74, 6) is -0.0461. The van der Waals surface area contributed by atoms with Gasteiger partial charge in [-0.25, -0.2) is 0 Å². The Morgan fingerprint density at radius 1 is 1.17 bits per heavy atom. The van der Waals surface area contributed by atoms with Crippen LogP contribution in [-0.2, 0) is 16.0 Å². The molecule has 0 aliphatic heterocycles. The molecule has 4 nitrogen and oxygen atoms in total. The molecule has 2 N–H and O–H groups in total. The predicted octanol–water partition coefficient (Wildman–Crippen LogP) is 3.13. The lowest BCUT2D eigenvalue weighted by Gasteiger charge is -2.32. The van der Waals surface area contributed by atoms with Crippen molar-refractivity contribution < 1.29 is 14.6 Å². The second-order valence-corrected chi connectivity index (χ2v) is 8.20. The zero-order chi connectivity index (χ0) is 17.3. The molecule has 1 fully saturated rings. The summed E-state index contributed by atoms with van der Waals surface area (Å²) in [5, 5.41) is 14.0. The molecule has 0 saturated heterocycles. The van der Waals surface area contributed by atoms with E-state index < -0.39 is 5.60 Å². The molecule has 24 heavy (non-hydrogen) atoms. The number of fused-ring (bicyclic) bond motifs is 1. The molecule has 2 aliphatic rings. The number of carbonyl (C=O) groups is 1. The van der Waals surface area contributed by atoms with E-state index in [1.54, 1.807) is 0 Å². The van der Waals surface area contributed by atoms with E-state index >= 15 is 0 Å². The molecule has 1 aromatic carbocycles.